The molecule has 0 spiro atoms. The molecule has 16 heavy (non-hydrogen) atoms. The van der Waals surface area contributed by atoms with Gasteiger partial charge >= 0.3 is 5.97 Å². The molecule has 4 nitrogen and oxygen atoms in total. The number of unbranched alkanes of at least 4 members (excludes halogenated alkanes) is 2. The van der Waals surface area contributed by atoms with Crippen LogP contribution < -0.4 is 0 Å². The molecule has 0 bridgehead atoms. The maximum atomic E-state index is 10.6. The first-order valence-electron chi connectivity index (χ1n) is 5.70. The first-order chi connectivity index (χ1) is 7.37. The van der Waals surface area contributed by atoms with Crippen molar-refractivity contribution in [2.45, 2.75) is 31.8 Å². The zero-order chi connectivity index (χ0) is 12.6. The Hall–Kier alpha value is -0.870. The molecule has 0 aliphatic carbocycles. The first-order valence-corrected chi connectivity index (χ1v) is 5.70. The lowest BCUT2D eigenvalue weighted by Crippen LogP contribution is -2.48. The molecule has 0 saturated carbocycles. The summed E-state index contributed by atoms with van der Waals surface area (Å²) in [5.74, 6) is -0.830. The molecule has 0 aliphatic rings. The summed E-state index contributed by atoms with van der Waals surface area (Å²) >= 11 is 0. The van der Waals surface area contributed by atoms with E-state index in [0.717, 1.165) is 25.7 Å². The second-order valence-corrected chi connectivity index (χ2v) is 4.90. The number of carbonyl (C=O) groups is 1. The summed E-state index contributed by atoms with van der Waals surface area (Å²) in [7, 11) is 3.64. The molecule has 0 saturated heterocycles. The van der Waals surface area contributed by atoms with Gasteiger partial charge in [0.1, 0.15) is 12.6 Å². The van der Waals surface area contributed by atoms with E-state index in [9.17, 15) is 9.90 Å². The van der Waals surface area contributed by atoms with Crippen molar-refractivity contribution < 1.29 is 19.5 Å². The lowest BCUT2D eigenvalue weighted by Gasteiger charge is -2.30. The van der Waals surface area contributed by atoms with Gasteiger partial charge in [-0.25, -0.2) is 4.79 Å². The second kappa shape index (κ2) is 7.41. The van der Waals surface area contributed by atoms with Crippen molar-refractivity contribution in [3.05, 3.63) is 12.7 Å². The number of carboxylic acids is 1. The molecule has 0 aromatic carbocycles. The monoisotopic (exact) mass is 230 g/mol. The van der Waals surface area contributed by atoms with Gasteiger partial charge in [-0.15, -0.1) is 6.58 Å². The Morgan fingerprint density at radius 1 is 1.44 bits per heavy atom. The maximum Gasteiger partial charge on any atom is 0.359 e. The predicted molar refractivity (Wildman–Crippen MR) is 64.2 cm³/mol. The Morgan fingerprint density at radius 3 is 2.56 bits per heavy atom. The number of aliphatic hydroxyl groups is 1. The number of hydrogen-bond acceptors (Lipinski definition) is 2. The van der Waals surface area contributed by atoms with E-state index in [4.69, 9.17) is 5.11 Å². The molecule has 2 N–H and O–H groups in total. The van der Waals surface area contributed by atoms with Gasteiger partial charge in [0, 0.05) is 0 Å². The average molecular weight is 230 g/mol. The SMILES string of the molecule is C=CCCCCC(O)C[N+](C)(C)CC(=O)O. The Bertz CT molecular complexity index is 226. The minimum absolute atomic E-state index is 0.0454. The highest BCUT2D eigenvalue weighted by atomic mass is 16.4. The van der Waals surface area contributed by atoms with Gasteiger partial charge in [0.15, 0.2) is 6.54 Å². The van der Waals surface area contributed by atoms with Gasteiger partial charge in [-0.1, -0.05) is 12.5 Å². The van der Waals surface area contributed by atoms with Gasteiger partial charge in [0.05, 0.1) is 14.1 Å². The second-order valence-electron chi connectivity index (χ2n) is 4.90. The largest absolute Gasteiger partial charge is 0.477 e. The standard InChI is InChI=1S/C12H23NO3/c1-4-5-6-7-8-11(14)9-13(2,3)10-12(15)16/h4,11,14H,1,5-10H2,2-3H3/p+1. The third kappa shape index (κ3) is 8.44. The predicted octanol–water partition coefficient (Wildman–Crippen LogP) is 1.25. The number of likely N-dealkylation sites (N-methyl/N-ethyl adjacent to an activating group) is 1. The minimum atomic E-state index is -0.830. The van der Waals surface area contributed by atoms with Crippen LogP contribution in [0, 0.1) is 0 Å². The molecule has 94 valence electrons. The third-order valence-corrected chi connectivity index (χ3v) is 2.46. The van der Waals surface area contributed by atoms with Gasteiger partial charge < -0.3 is 14.7 Å². The molecule has 0 radical (unpaired) electrons. The molecule has 0 fully saturated rings. The number of rotatable bonds is 9. The number of nitrogens with zero attached hydrogens (tertiary/aromatic N) is 1. The summed E-state index contributed by atoms with van der Waals surface area (Å²) < 4.78 is 0.317. The summed E-state index contributed by atoms with van der Waals surface area (Å²) in [6.45, 7) is 4.17. The number of carboxylic acid groups (broad SMARTS) is 1. The Labute approximate surface area is 97.8 Å². The van der Waals surface area contributed by atoms with Crippen LogP contribution in [0.3, 0.4) is 0 Å². The summed E-state index contributed by atoms with van der Waals surface area (Å²) in [6.07, 6.45) is 5.15. The van der Waals surface area contributed by atoms with Crippen LogP contribution in [0.4, 0.5) is 0 Å². The van der Waals surface area contributed by atoms with E-state index in [-0.39, 0.29) is 6.54 Å². The Morgan fingerprint density at radius 2 is 2.06 bits per heavy atom. The van der Waals surface area contributed by atoms with Crippen molar-refractivity contribution in [1.29, 1.82) is 0 Å². The van der Waals surface area contributed by atoms with Crippen LogP contribution in [0.15, 0.2) is 12.7 Å². The van der Waals surface area contributed by atoms with Crippen molar-refractivity contribution in [2.24, 2.45) is 0 Å². The Balaban J connectivity index is 3.79. The van der Waals surface area contributed by atoms with Gasteiger partial charge in [0.25, 0.3) is 0 Å². The van der Waals surface area contributed by atoms with Gasteiger partial charge in [0.2, 0.25) is 0 Å². The number of allylic oxidation sites excluding steroid dienone is 1. The normalized spacial score (nSPS) is 13.4. The van der Waals surface area contributed by atoms with E-state index in [1.54, 1.807) is 0 Å². The van der Waals surface area contributed by atoms with Crippen LogP contribution in [0.25, 0.3) is 0 Å². The highest BCUT2D eigenvalue weighted by Crippen LogP contribution is 2.08. The molecule has 1 unspecified atom stereocenters. The lowest BCUT2D eigenvalue weighted by atomic mass is 10.1. The van der Waals surface area contributed by atoms with Crippen LogP contribution in [-0.4, -0.2) is 54.0 Å². The summed E-state index contributed by atoms with van der Waals surface area (Å²) in [4.78, 5) is 10.6. The average Bonchev–Trinajstić information content (AvgIpc) is 2.09. The molecule has 0 amide bonds. The van der Waals surface area contributed by atoms with Crippen molar-refractivity contribution in [3.63, 3.8) is 0 Å². The smallest absolute Gasteiger partial charge is 0.359 e. The van der Waals surface area contributed by atoms with E-state index in [1.165, 1.54) is 0 Å². The maximum absolute atomic E-state index is 10.6. The van der Waals surface area contributed by atoms with Gasteiger partial charge in [-0.2, -0.15) is 0 Å². The molecule has 0 aliphatic heterocycles. The van der Waals surface area contributed by atoms with Crippen LogP contribution >= 0.6 is 0 Å². The summed E-state index contributed by atoms with van der Waals surface area (Å²) in [6, 6.07) is 0. The first kappa shape index (κ1) is 15.1. The third-order valence-electron chi connectivity index (χ3n) is 2.46. The van der Waals surface area contributed by atoms with Crippen molar-refractivity contribution in [3.8, 4) is 0 Å². The van der Waals surface area contributed by atoms with Crippen LogP contribution in [0.5, 0.6) is 0 Å². The van der Waals surface area contributed by atoms with E-state index in [1.807, 2.05) is 20.2 Å². The quantitative estimate of drug-likeness (QED) is 0.356. The molecule has 0 aromatic rings. The van der Waals surface area contributed by atoms with Gasteiger partial charge in [-0.3, -0.25) is 0 Å². The van der Waals surface area contributed by atoms with Crippen molar-refractivity contribution in [1.82, 2.24) is 0 Å². The van der Waals surface area contributed by atoms with E-state index >= 15 is 0 Å². The molecule has 0 rings (SSSR count). The van der Waals surface area contributed by atoms with Crippen LogP contribution in [0.1, 0.15) is 25.7 Å². The van der Waals surface area contributed by atoms with E-state index in [2.05, 4.69) is 6.58 Å². The van der Waals surface area contributed by atoms with Crippen molar-refractivity contribution >= 4 is 5.97 Å². The summed E-state index contributed by atoms with van der Waals surface area (Å²) in [5, 5.41) is 18.5. The number of hydrogen-bond donors (Lipinski definition) is 2. The zero-order valence-electron chi connectivity index (χ0n) is 10.4. The van der Waals surface area contributed by atoms with E-state index < -0.39 is 12.1 Å². The van der Waals surface area contributed by atoms with Gasteiger partial charge in [-0.05, 0) is 19.3 Å². The fraction of sp³-hybridized carbons (Fsp3) is 0.750. The minimum Gasteiger partial charge on any atom is -0.477 e. The zero-order valence-corrected chi connectivity index (χ0v) is 10.4. The van der Waals surface area contributed by atoms with Crippen molar-refractivity contribution in [2.75, 3.05) is 27.2 Å². The van der Waals surface area contributed by atoms with Crippen LogP contribution in [-0.2, 0) is 4.79 Å². The van der Waals surface area contributed by atoms with Crippen LogP contribution in [0.2, 0.25) is 0 Å². The fourth-order valence-electron chi connectivity index (χ4n) is 1.76. The van der Waals surface area contributed by atoms with E-state index in [0.29, 0.717) is 11.0 Å². The molecule has 4 heteroatoms. The molecular weight excluding hydrogens is 206 g/mol. The Kier molecular flexibility index (Phi) is 7.01. The topological polar surface area (TPSA) is 57.5 Å². The molecule has 0 aromatic heterocycles. The molecule has 1 atom stereocenters. The highest BCUT2D eigenvalue weighted by molar-refractivity contribution is 5.67. The number of quaternary nitrogens is 1. The molecule has 0 heterocycles. The number of aliphatic carboxylic acids is 1. The highest BCUT2D eigenvalue weighted by Gasteiger charge is 2.23. The molecular formula is C12H24NO3+. The fourth-order valence-corrected chi connectivity index (χ4v) is 1.76. The summed E-state index contributed by atoms with van der Waals surface area (Å²) in [5.41, 5.74) is 0. The lowest BCUT2D eigenvalue weighted by molar-refractivity contribution is -0.886. The number of aliphatic hydroxyl groups excluding tert-OH is 1.